The first kappa shape index (κ1) is 17.5. The van der Waals surface area contributed by atoms with Crippen molar-refractivity contribution in [1.82, 2.24) is 4.90 Å². The summed E-state index contributed by atoms with van der Waals surface area (Å²) >= 11 is 5.45. The van der Waals surface area contributed by atoms with E-state index >= 15 is 0 Å². The Bertz CT molecular complexity index is 426. The molecular formula is C17H29BrN2S. The van der Waals surface area contributed by atoms with Gasteiger partial charge in [-0.2, -0.15) is 0 Å². The van der Waals surface area contributed by atoms with Crippen molar-refractivity contribution in [2.24, 2.45) is 11.7 Å². The van der Waals surface area contributed by atoms with E-state index < -0.39 is 0 Å². The molecule has 4 heteroatoms. The Kier molecular flexibility index (Phi) is 6.73. The van der Waals surface area contributed by atoms with Crippen LogP contribution in [0.25, 0.3) is 0 Å². The number of halogens is 1. The van der Waals surface area contributed by atoms with Gasteiger partial charge >= 0.3 is 0 Å². The first-order chi connectivity index (χ1) is 10.0. The van der Waals surface area contributed by atoms with Crippen LogP contribution in [0.2, 0.25) is 0 Å². The van der Waals surface area contributed by atoms with Gasteiger partial charge in [-0.15, -0.1) is 11.3 Å². The van der Waals surface area contributed by atoms with Crippen LogP contribution in [-0.4, -0.2) is 23.5 Å². The molecule has 0 spiro atoms. The van der Waals surface area contributed by atoms with Crippen LogP contribution in [0.15, 0.2) is 15.9 Å². The molecule has 1 fully saturated rings. The Labute approximate surface area is 142 Å². The number of nitrogens with zero attached hydrogens (tertiary/aromatic N) is 1. The highest BCUT2D eigenvalue weighted by molar-refractivity contribution is 9.10. The predicted molar refractivity (Wildman–Crippen MR) is 96.8 cm³/mol. The minimum absolute atomic E-state index is 0.217. The summed E-state index contributed by atoms with van der Waals surface area (Å²) in [5, 5.41) is 2.19. The van der Waals surface area contributed by atoms with Crippen molar-refractivity contribution in [3.05, 3.63) is 20.8 Å². The van der Waals surface area contributed by atoms with Crippen molar-refractivity contribution in [2.45, 2.75) is 71.0 Å². The lowest BCUT2D eigenvalue weighted by Gasteiger charge is -2.40. The van der Waals surface area contributed by atoms with Crippen LogP contribution >= 0.6 is 27.3 Å². The van der Waals surface area contributed by atoms with Crippen LogP contribution in [0.3, 0.4) is 0 Å². The number of nitrogens with two attached hydrogens (primary N) is 1. The largest absolute Gasteiger partial charge is 0.326 e. The van der Waals surface area contributed by atoms with Crippen LogP contribution < -0.4 is 5.73 Å². The van der Waals surface area contributed by atoms with Gasteiger partial charge in [0.25, 0.3) is 0 Å². The molecule has 2 N–H and O–H groups in total. The summed E-state index contributed by atoms with van der Waals surface area (Å²) in [4.78, 5) is 4.15. The molecule has 2 nitrogen and oxygen atoms in total. The van der Waals surface area contributed by atoms with Crippen molar-refractivity contribution in [2.75, 3.05) is 6.54 Å². The second-order valence-corrected chi connectivity index (χ2v) is 8.57. The fourth-order valence-corrected chi connectivity index (χ4v) is 5.11. The van der Waals surface area contributed by atoms with Gasteiger partial charge in [-0.3, -0.25) is 4.90 Å². The monoisotopic (exact) mass is 372 g/mol. The highest BCUT2D eigenvalue weighted by Gasteiger charge is 2.33. The van der Waals surface area contributed by atoms with Gasteiger partial charge in [0.05, 0.1) is 6.04 Å². The van der Waals surface area contributed by atoms with E-state index in [-0.39, 0.29) is 6.04 Å². The minimum atomic E-state index is 0.217. The molecular weight excluding hydrogens is 344 g/mol. The predicted octanol–water partition coefficient (Wildman–Crippen LogP) is 5.19. The molecule has 2 atom stereocenters. The van der Waals surface area contributed by atoms with Gasteiger partial charge in [0, 0.05) is 33.4 Å². The first-order valence-electron chi connectivity index (χ1n) is 8.28. The zero-order valence-electron chi connectivity index (χ0n) is 13.5. The maximum Gasteiger partial charge on any atom is 0.0596 e. The van der Waals surface area contributed by atoms with Crippen molar-refractivity contribution in [3.8, 4) is 0 Å². The zero-order valence-corrected chi connectivity index (χ0v) is 15.9. The normalized spacial score (nSPS) is 19.6. The Hall–Kier alpha value is 0.1000. The lowest BCUT2D eigenvalue weighted by atomic mass is 9.98. The van der Waals surface area contributed by atoms with Crippen LogP contribution in [0.4, 0.5) is 0 Å². The lowest BCUT2D eigenvalue weighted by Crippen LogP contribution is -2.46. The summed E-state index contributed by atoms with van der Waals surface area (Å²) in [6, 6.07) is 3.58. The molecule has 1 aliphatic rings. The Morgan fingerprint density at radius 3 is 2.52 bits per heavy atom. The minimum Gasteiger partial charge on any atom is -0.326 e. The van der Waals surface area contributed by atoms with Crippen LogP contribution in [-0.2, 0) is 0 Å². The Morgan fingerprint density at radius 1 is 1.38 bits per heavy atom. The second kappa shape index (κ2) is 8.09. The highest BCUT2D eigenvalue weighted by atomic mass is 79.9. The summed E-state index contributed by atoms with van der Waals surface area (Å²) in [7, 11) is 0. The quantitative estimate of drug-likeness (QED) is 0.713. The molecule has 0 saturated heterocycles. The highest BCUT2D eigenvalue weighted by Crippen LogP contribution is 2.37. The lowest BCUT2D eigenvalue weighted by molar-refractivity contribution is 0.101. The van der Waals surface area contributed by atoms with E-state index in [9.17, 15) is 0 Å². The van der Waals surface area contributed by atoms with Gasteiger partial charge in [-0.1, -0.05) is 33.6 Å². The standard InChI is InChI=1S/C17H29BrN2S/c1-4-15(19)17(16-9-13(18)11-21-16)20(10-12(2)3)14-7-5-6-8-14/h9,11-12,14-15,17H,4-8,10,19H2,1-3H3. The molecule has 120 valence electrons. The molecule has 1 aromatic rings. The van der Waals surface area contributed by atoms with E-state index in [1.807, 2.05) is 11.3 Å². The molecule has 1 aromatic heterocycles. The SMILES string of the molecule is CCC(N)C(c1cc(Br)cs1)N(CC(C)C)C1CCCC1. The molecule has 1 aliphatic carbocycles. The number of hydrogen-bond acceptors (Lipinski definition) is 3. The first-order valence-corrected chi connectivity index (χ1v) is 9.95. The molecule has 2 rings (SSSR count). The third-order valence-electron chi connectivity index (χ3n) is 4.48. The fourth-order valence-electron chi connectivity index (χ4n) is 3.47. The maximum atomic E-state index is 6.55. The topological polar surface area (TPSA) is 29.3 Å². The van der Waals surface area contributed by atoms with E-state index in [0.717, 1.165) is 19.0 Å². The van der Waals surface area contributed by atoms with Gasteiger partial charge in [0.2, 0.25) is 0 Å². The molecule has 0 bridgehead atoms. The molecule has 1 saturated carbocycles. The number of thiophene rings is 1. The molecule has 2 unspecified atom stereocenters. The molecule has 21 heavy (non-hydrogen) atoms. The summed E-state index contributed by atoms with van der Waals surface area (Å²) in [5.74, 6) is 0.681. The zero-order chi connectivity index (χ0) is 15.4. The third-order valence-corrected chi connectivity index (χ3v) is 6.25. The number of hydrogen-bond donors (Lipinski definition) is 1. The Balaban J connectivity index is 2.29. The van der Waals surface area contributed by atoms with E-state index in [4.69, 9.17) is 5.73 Å². The van der Waals surface area contributed by atoms with Crippen molar-refractivity contribution < 1.29 is 0 Å². The van der Waals surface area contributed by atoms with Crippen LogP contribution in [0.1, 0.15) is 63.8 Å². The fraction of sp³-hybridized carbons (Fsp3) is 0.765. The molecule has 0 aromatic carbocycles. The molecule has 0 aliphatic heterocycles. The molecule has 1 heterocycles. The van der Waals surface area contributed by atoms with Gasteiger partial charge in [0.1, 0.15) is 0 Å². The summed E-state index contributed by atoms with van der Waals surface area (Å²) in [5.41, 5.74) is 6.55. The maximum absolute atomic E-state index is 6.55. The van der Waals surface area contributed by atoms with Crippen molar-refractivity contribution in [1.29, 1.82) is 0 Å². The van der Waals surface area contributed by atoms with Crippen LogP contribution in [0, 0.1) is 5.92 Å². The van der Waals surface area contributed by atoms with Gasteiger partial charge < -0.3 is 5.73 Å². The van der Waals surface area contributed by atoms with Gasteiger partial charge in [-0.25, -0.2) is 0 Å². The Morgan fingerprint density at radius 2 is 2.05 bits per heavy atom. The van der Waals surface area contributed by atoms with E-state index in [1.165, 1.54) is 35.0 Å². The van der Waals surface area contributed by atoms with E-state index in [1.54, 1.807) is 0 Å². The average Bonchev–Trinajstić information content (AvgIpc) is 3.09. The third kappa shape index (κ3) is 4.54. The van der Waals surface area contributed by atoms with E-state index in [2.05, 4.69) is 53.0 Å². The van der Waals surface area contributed by atoms with Crippen LogP contribution in [0.5, 0.6) is 0 Å². The van der Waals surface area contributed by atoms with Gasteiger partial charge in [-0.05, 0) is 47.2 Å². The molecule has 0 amide bonds. The van der Waals surface area contributed by atoms with E-state index in [0.29, 0.717) is 12.0 Å². The summed E-state index contributed by atoms with van der Waals surface area (Å²) in [6.07, 6.45) is 6.46. The average molecular weight is 373 g/mol. The van der Waals surface area contributed by atoms with Crippen molar-refractivity contribution in [3.63, 3.8) is 0 Å². The summed E-state index contributed by atoms with van der Waals surface area (Å²) < 4.78 is 1.19. The smallest absolute Gasteiger partial charge is 0.0596 e. The summed E-state index contributed by atoms with van der Waals surface area (Å²) in [6.45, 7) is 8.00. The number of rotatable bonds is 7. The second-order valence-electron chi connectivity index (χ2n) is 6.71. The molecule has 0 radical (unpaired) electrons. The van der Waals surface area contributed by atoms with Gasteiger partial charge in [0.15, 0.2) is 0 Å². The van der Waals surface area contributed by atoms with Crippen molar-refractivity contribution >= 4 is 27.3 Å².